The van der Waals surface area contributed by atoms with Crippen molar-refractivity contribution in [3.05, 3.63) is 59.8 Å². The quantitative estimate of drug-likeness (QED) is 0.605. The van der Waals surface area contributed by atoms with E-state index in [0.717, 1.165) is 11.3 Å². The molecule has 0 aliphatic carbocycles. The summed E-state index contributed by atoms with van der Waals surface area (Å²) in [5.41, 5.74) is 3.41. The van der Waals surface area contributed by atoms with Crippen molar-refractivity contribution in [1.82, 2.24) is 24.8 Å². The van der Waals surface area contributed by atoms with Crippen LogP contribution in [0, 0.1) is 6.92 Å². The first-order valence-electron chi connectivity index (χ1n) is 10.3. The molecule has 1 fully saturated rings. The van der Waals surface area contributed by atoms with Crippen LogP contribution in [0.5, 0.6) is 5.75 Å². The largest absolute Gasteiger partial charge is 0.497 e. The highest BCUT2D eigenvalue weighted by Gasteiger charge is 2.30. The van der Waals surface area contributed by atoms with E-state index >= 15 is 0 Å². The van der Waals surface area contributed by atoms with Crippen molar-refractivity contribution in [2.75, 3.05) is 45.8 Å². The summed E-state index contributed by atoms with van der Waals surface area (Å²) in [5.74, 6) is 1.19. The van der Waals surface area contributed by atoms with Gasteiger partial charge in [-0.25, -0.2) is 9.97 Å². The summed E-state index contributed by atoms with van der Waals surface area (Å²) in [4.78, 5) is 34.6. The first kappa shape index (κ1) is 21.6. The maximum absolute atomic E-state index is 13.2. The predicted octanol–water partition coefficient (Wildman–Crippen LogP) is 2.53. The van der Waals surface area contributed by atoms with Gasteiger partial charge in [0, 0.05) is 44.8 Å². The number of aryl methyl sites for hydroxylation is 1. The molecule has 0 radical (unpaired) electrons. The Morgan fingerprint density at radius 3 is 2.78 bits per heavy atom. The van der Waals surface area contributed by atoms with Crippen molar-refractivity contribution in [2.24, 2.45) is 0 Å². The molecule has 0 saturated carbocycles. The maximum Gasteiger partial charge on any atom is 0.257 e. The van der Waals surface area contributed by atoms with Crippen LogP contribution >= 0.6 is 0 Å². The molecule has 9 heteroatoms. The van der Waals surface area contributed by atoms with Gasteiger partial charge in [-0.15, -0.1) is 0 Å². The second-order valence-corrected chi connectivity index (χ2v) is 7.70. The first-order chi connectivity index (χ1) is 15.5. The fourth-order valence-corrected chi connectivity index (χ4v) is 3.63. The predicted molar refractivity (Wildman–Crippen MR) is 120 cm³/mol. The third-order valence-electron chi connectivity index (χ3n) is 5.33. The Hall–Kier alpha value is -3.59. The van der Waals surface area contributed by atoms with Crippen molar-refractivity contribution in [2.45, 2.75) is 13.0 Å². The Kier molecular flexibility index (Phi) is 6.27. The summed E-state index contributed by atoms with van der Waals surface area (Å²) in [7, 11) is 5.36. The van der Waals surface area contributed by atoms with E-state index in [1.54, 1.807) is 35.5 Å². The standard InChI is InChI=1S/C23H26N6O3/c1-15-18(13-26-23(27-15)28(2)3)22(30)29-10-11-32-19(14-29)21-20(24-8-9-25-21)16-6-5-7-17(12-16)31-4/h5-9,12-13,19H,10-11,14H2,1-4H3/t19-/m0/s1. The zero-order valence-electron chi connectivity index (χ0n) is 18.6. The lowest BCUT2D eigenvalue weighted by Gasteiger charge is -2.33. The molecule has 1 saturated heterocycles. The van der Waals surface area contributed by atoms with Crippen LogP contribution in [0.2, 0.25) is 0 Å². The monoisotopic (exact) mass is 434 g/mol. The summed E-state index contributed by atoms with van der Waals surface area (Å²) >= 11 is 0. The highest BCUT2D eigenvalue weighted by Crippen LogP contribution is 2.31. The summed E-state index contributed by atoms with van der Waals surface area (Å²) in [6.45, 7) is 3.08. The third-order valence-corrected chi connectivity index (χ3v) is 5.33. The lowest BCUT2D eigenvalue weighted by atomic mass is 10.0. The zero-order chi connectivity index (χ0) is 22.7. The van der Waals surface area contributed by atoms with Crippen molar-refractivity contribution in [3.63, 3.8) is 0 Å². The number of morpholine rings is 1. The van der Waals surface area contributed by atoms with Gasteiger partial charge in [0.25, 0.3) is 5.91 Å². The van der Waals surface area contributed by atoms with E-state index in [9.17, 15) is 4.79 Å². The van der Waals surface area contributed by atoms with Gasteiger partial charge in [-0.3, -0.25) is 14.8 Å². The van der Waals surface area contributed by atoms with Gasteiger partial charge in [0.05, 0.1) is 42.9 Å². The zero-order valence-corrected chi connectivity index (χ0v) is 18.6. The van der Waals surface area contributed by atoms with E-state index in [4.69, 9.17) is 9.47 Å². The van der Waals surface area contributed by atoms with Crippen molar-refractivity contribution in [1.29, 1.82) is 0 Å². The molecule has 4 rings (SSSR count). The number of carbonyl (C=O) groups is 1. The maximum atomic E-state index is 13.2. The number of benzene rings is 1. The lowest BCUT2D eigenvalue weighted by Crippen LogP contribution is -2.43. The number of anilines is 1. The topological polar surface area (TPSA) is 93.6 Å². The van der Waals surface area contributed by atoms with Crippen LogP contribution in [0.3, 0.4) is 0 Å². The van der Waals surface area contributed by atoms with E-state index in [-0.39, 0.29) is 5.91 Å². The molecule has 1 aromatic carbocycles. The van der Waals surface area contributed by atoms with Crippen LogP contribution in [0.25, 0.3) is 11.3 Å². The highest BCUT2D eigenvalue weighted by molar-refractivity contribution is 5.95. The molecule has 3 heterocycles. The van der Waals surface area contributed by atoms with E-state index in [2.05, 4.69) is 19.9 Å². The number of rotatable bonds is 5. The van der Waals surface area contributed by atoms with Crippen molar-refractivity contribution < 1.29 is 14.3 Å². The van der Waals surface area contributed by atoms with Crippen LogP contribution in [0.4, 0.5) is 5.95 Å². The fraction of sp³-hybridized carbons (Fsp3) is 0.348. The van der Waals surface area contributed by atoms with Gasteiger partial charge < -0.3 is 19.3 Å². The molecule has 0 spiro atoms. The number of carbonyl (C=O) groups excluding carboxylic acids is 1. The van der Waals surface area contributed by atoms with Crippen LogP contribution in [-0.4, -0.2) is 71.6 Å². The van der Waals surface area contributed by atoms with E-state index in [1.165, 1.54) is 0 Å². The Morgan fingerprint density at radius 1 is 1.22 bits per heavy atom. The van der Waals surface area contributed by atoms with Crippen molar-refractivity contribution in [3.8, 4) is 17.0 Å². The number of hydrogen-bond acceptors (Lipinski definition) is 8. The molecule has 0 N–H and O–H groups in total. The Morgan fingerprint density at radius 2 is 2.03 bits per heavy atom. The summed E-state index contributed by atoms with van der Waals surface area (Å²) < 4.78 is 11.4. The van der Waals surface area contributed by atoms with Crippen LogP contribution in [-0.2, 0) is 4.74 Å². The SMILES string of the molecule is COc1cccc(-c2nccnc2[C@@H]2CN(C(=O)c3cnc(N(C)C)nc3C)CCO2)c1. The smallest absolute Gasteiger partial charge is 0.257 e. The average molecular weight is 435 g/mol. The van der Waals surface area contributed by atoms with E-state index < -0.39 is 6.10 Å². The minimum absolute atomic E-state index is 0.118. The van der Waals surface area contributed by atoms with Gasteiger partial charge in [0.1, 0.15) is 11.9 Å². The number of aromatic nitrogens is 4. The molecule has 1 amide bonds. The average Bonchev–Trinajstić information content (AvgIpc) is 2.83. The fourth-order valence-electron chi connectivity index (χ4n) is 3.63. The van der Waals surface area contributed by atoms with Crippen LogP contribution in [0.1, 0.15) is 27.8 Å². The molecule has 32 heavy (non-hydrogen) atoms. The minimum atomic E-state index is -0.398. The summed E-state index contributed by atoms with van der Waals surface area (Å²) in [6.07, 6.45) is 4.48. The molecular formula is C23H26N6O3. The molecule has 166 valence electrons. The van der Waals surface area contributed by atoms with Gasteiger partial charge in [0.2, 0.25) is 5.95 Å². The van der Waals surface area contributed by atoms with E-state index in [1.807, 2.05) is 45.3 Å². The Labute approximate surface area is 187 Å². The summed E-state index contributed by atoms with van der Waals surface area (Å²) in [5, 5.41) is 0. The normalized spacial score (nSPS) is 16.0. The molecule has 1 aliphatic heterocycles. The lowest BCUT2D eigenvalue weighted by molar-refractivity contribution is -0.0246. The number of ether oxygens (including phenoxy) is 2. The Balaban J connectivity index is 1.59. The number of methoxy groups -OCH3 is 1. The molecule has 1 aliphatic rings. The van der Waals surface area contributed by atoms with Crippen molar-refractivity contribution >= 4 is 11.9 Å². The van der Waals surface area contributed by atoms with Gasteiger partial charge in [-0.2, -0.15) is 0 Å². The first-order valence-corrected chi connectivity index (χ1v) is 10.3. The number of amides is 1. The van der Waals surface area contributed by atoms with Gasteiger partial charge in [-0.1, -0.05) is 12.1 Å². The van der Waals surface area contributed by atoms with Gasteiger partial charge in [-0.05, 0) is 19.1 Å². The minimum Gasteiger partial charge on any atom is -0.497 e. The third kappa shape index (κ3) is 4.38. The summed E-state index contributed by atoms with van der Waals surface area (Å²) in [6, 6.07) is 7.65. The van der Waals surface area contributed by atoms with E-state index in [0.29, 0.717) is 48.3 Å². The molecule has 3 aromatic rings. The molecule has 1 atom stereocenters. The second-order valence-electron chi connectivity index (χ2n) is 7.70. The number of hydrogen-bond donors (Lipinski definition) is 0. The molecule has 0 bridgehead atoms. The highest BCUT2D eigenvalue weighted by atomic mass is 16.5. The van der Waals surface area contributed by atoms with Gasteiger partial charge >= 0.3 is 0 Å². The van der Waals surface area contributed by atoms with Crippen LogP contribution < -0.4 is 9.64 Å². The molecular weight excluding hydrogens is 408 g/mol. The molecule has 9 nitrogen and oxygen atoms in total. The second kappa shape index (κ2) is 9.27. The Bertz CT molecular complexity index is 1120. The van der Waals surface area contributed by atoms with Crippen LogP contribution in [0.15, 0.2) is 42.9 Å². The number of nitrogens with zero attached hydrogens (tertiary/aromatic N) is 6. The van der Waals surface area contributed by atoms with Gasteiger partial charge in [0.15, 0.2) is 0 Å². The molecule has 2 aromatic heterocycles. The molecule has 0 unspecified atom stereocenters.